The number of hydrogen-bond acceptors (Lipinski definition) is 7. The third-order valence-corrected chi connectivity index (χ3v) is 5.07. The Balaban J connectivity index is 1.67. The smallest absolute Gasteiger partial charge is 0.341 e. The number of nitrogens with one attached hydrogen (secondary N) is 2. The molecule has 2 heterocycles. The third-order valence-electron chi connectivity index (χ3n) is 3.86. The summed E-state index contributed by atoms with van der Waals surface area (Å²) < 4.78 is 10.1. The summed E-state index contributed by atoms with van der Waals surface area (Å²) in [5, 5.41) is 6.48. The van der Waals surface area contributed by atoms with E-state index in [0.717, 1.165) is 29.7 Å². The summed E-state index contributed by atoms with van der Waals surface area (Å²) in [4.78, 5) is 37.0. The number of aryl methyl sites for hydroxylation is 2. The van der Waals surface area contributed by atoms with E-state index in [1.807, 2.05) is 0 Å². The van der Waals surface area contributed by atoms with E-state index in [9.17, 15) is 14.4 Å². The molecular weight excluding hydrogens is 358 g/mol. The van der Waals surface area contributed by atoms with Gasteiger partial charge in [0.1, 0.15) is 16.5 Å². The van der Waals surface area contributed by atoms with Gasteiger partial charge in [-0.1, -0.05) is 0 Å². The van der Waals surface area contributed by atoms with Crippen molar-refractivity contribution in [3.63, 3.8) is 0 Å². The lowest BCUT2D eigenvalue weighted by Gasteiger charge is -2.06. The highest BCUT2D eigenvalue weighted by molar-refractivity contribution is 7.17. The number of thiophene rings is 1. The standard InChI is InChI=1S/C17H17N3O5S/c1-9-6-7-10(25-9)8-18-20-15(22)14(21)19-16-13(17(23)24-2)11-4-3-5-12(11)26-16/h6-8H,3-5H2,1-2H3,(H,19,21)(H,20,22)/b18-8+. The molecule has 8 nitrogen and oxygen atoms in total. The molecular formula is C17H17N3O5S. The van der Waals surface area contributed by atoms with Gasteiger partial charge in [-0.05, 0) is 43.9 Å². The van der Waals surface area contributed by atoms with Crippen LogP contribution in [0.3, 0.4) is 0 Å². The Morgan fingerprint density at radius 3 is 2.77 bits per heavy atom. The van der Waals surface area contributed by atoms with E-state index in [1.165, 1.54) is 24.7 Å². The number of hydrazone groups is 1. The zero-order chi connectivity index (χ0) is 18.7. The summed E-state index contributed by atoms with van der Waals surface area (Å²) in [6.45, 7) is 1.78. The van der Waals surface area contributed by atoms with Crippen LogP contribution in [0.4, 0.5) is 5.00 Å². The van der Waals surface area contributed by atoms with Gasteiger partial charge in [0.25, 0.3) is 0 Å². The van der Waals surface area contributed by atoms with Gasteiger partial charge in [0.2, 0.25) is 0 Å². The molecule has 0 aliphatic heterocycles. The van der Waals surface area contributed by atoms with Crippen LogP contribution in [-0.4, -0.2) is 31.1 Å². The van der Waals surface area contributed by atoms with Gasteiger partial charge in [-0.15, -0.1) is 11.3 Å². The normalized spacial score (nSPS) is 12.8. The van der Waals surface area contributed by atoms with Crippen LogP contribution >= 0.6 is 11.3 Å². The van der Waals surface area contributed by atoms with Gasteiger partial charge in [-0.2, -0.15) is 5.10 Å². The number of rotatable bonds is 4. The molecule has 26 heavy (non-hydrogen) atoms. The second kappa shape index (κ2) is 7.52. The molecule has 0 bridgehead atoms. The van der Waals surface area contributed by atoms with Crippen LogP contribution in [0.15, 0.2) is 21.7 Å². The minimum absolute atomic E-state index is 0.326. The summed E-state index contributed by atoms with van der Waals surface area (Å²) in [6, 6.07) is 3.43. The Bertz CT molecular complexity index is 896. The Labute approximate surface area is 153 Å². The highest BCUT2D eigenvalue weighted by Crippen LogP contribution is 2.39. The number of furan rings is 1. The Morgan fingerprint density at radius 2 is 2.08 bits per heavy atom. The zero-order valence-corrected chi connectivity index (χ0v) is 15.1. The number of ether oxygens (including phenoxy) is 1. The van der Waals surface area contributed by atoms with Crippen LogP contribution in [0.1, 0.15) is 38.7 Å². The first-order valence-electron chi connectivity index (χ1n) is 7.93. The number of nitrogens with zero attached hydrogens (tertiary/aromatic N) is 1. The monoisotopic (exact) mass is 375 g/mol. The molecule has 136 valence electrons. The molecule has 2 aromatic heterocycles. The zero-order valence-electron chi connectivity index (χ0n) is 14.3. The van der Waals surface area contributed by atoms with Gasteiger partial charge in [0.05, 0.1) is 18.9 Å². The van der Waals surface area contributed by atoms with E-state index in [1.54, 1.807) is 19.1 Å². The second-order valence-electron chi connectivity index (χ2n) is 5.65. The molecule has 2 amide bonds. The van der Waals surface area contributed by atoms with Crippen molar-refractivity contribution in [2.75, 3.05) is 12.4 Å². The van der Waals surface area contributed by atoms with Crippen LogP contribution < -0.4 is 10.7 Å². The summed E-state index contributed by atoms with van der Waals surface area (Å²) in [6.07, 6.45) is 3.85. The number of hydrogen-bond donors (Lipinski definition) is 2. The van der Waals surface area contributed by atoms with Gasteiger partial charge in [-0.3, -0.25) is 9.59 Å². The van der Waals surface area contributed by atoms with Gasteiger partial charge in [-0.25, -0.2) is 10.2 Å². The van der Waals surface area contributed by atoms with Gasteiger partial charge in [0.15, 0.2) is 0 Å². The fraction of sp³-hybridized carbons (Fsp3) is 0.294. The van der Waals surface area contributed by atoms with Gasteiger partial charge >= 0.3 is 17.8 Å². The molecule has 0 spiro atoms. The van der Waals surface area contributed by atoms with E-state index in [2.05, 4.69) is 15.8 Å². The van der Waals surface area contributed by atoms with E-state index >= 15 is 0 Å². The first-order valence-corrected chi connectivity index (χ1v) is 8.75. The summed E-state index contributed by atoms with van der Waals surface area (Å²) >= 11 is 1.30. The molecule has 3 rings (SSSR count). The highest BCUT2D eigenvalue weighted by Gasteiger charge is 2.29. The van der Waals surface area contributed by atoms with E-state index in [0.29, 0.717) is 22.1 Å². The quantitative estimate of drug-likeness (QED) is 0.368. The maximum atomic E-state index is 12.1. The average Bonchev–Trinajstić information content (AvgIpc) is 3.30. The molecule has 1 aliphatic carbocycles. The largest absolute Gasteiger partial charge is 0.465 e. The maximum absolute atomic E-state index is 12.1. The highest BCUT2D eigenvalue weighted by atomic mass is 32.1. The SMILES string of the molecule is COC(=O)c1c(NC(=O)C(=O)N/N=C/c2ccc(C)o2)sc2c1CCC2. The summed E-state index contributed by atoms with van der Waals surface area (Å²) in [7, 11) is 1.28. The number of fused-ring (bicyclic) bond motifs is 1. The molecule has 0 saturated heterocycles. The van der Waals surface area contributed by atoms with Crippen molar-refractivity contribution >= 4 is 40.3 Å². The molecule has 0 aromatic carbocycles. The third kappa shape index (κ3) is 3.67. The molecule has 9 heteroatoms. The first kappa shape index (κ1) is 17.9. The lowest BCUT2D eigenvalue weighted by atomic mass is 10.1. The number of methoxy groups -OCH3 is 1. The maximum Gasteiger partial charge on any atom is 0.341 e. The summed E-state index contributed by atoms with van der Waals surface area (Å²) in [5.41, 5.74) is 3.35. The van der Waals surface area contributed by atoms with Crippen molar-refractivity contribution in [1.82, 2.24) is 5.43 Å². The molecule has 1 aliphatic rings. The number of amides is 2. The predicted molar refractivity (Wildman–Crippen MR) is 95.5 cm³/mol. The minimum atomic E-state index is -0.950. The van der Waals surface area contributed by atoms with Crippen LogP contribution in [0.5, 0.6) is 0 Å². The lowest BCUT2D eigenvalue weighted by Crippen LogP contribution is -2.32. The fourth-order valence-electron chi connectivity index (χ4n) is 2.70. The number of esters is 1. The first-order chi connectivity index (χ1) is 12.5. The van der Waals surface area contributed by atoms with Crippen molar-refractivity contribution in [3.05, 3.63) is 39.7 Å². The van der Waals surface area contributed by atoms with E-state index in [-0.39, 0.29) is 0 Å². The average molecular weight is 375 g/mol. The van der Waals surface area contributed by atoms with Crippen molar-refractivity contribution in [3.8, 4) is 0 Å². The van der Waals surface area contributed by atoms with Crippen LogP contribution in [0.25, 0.3) is 0 Å². The second-order valence-corrected chi connectivity index (χ2v) is 6.76. The molecule has 0 fully saturated rings. The molecule has 0 saturated carbocycles. The number of carbonyl (C=O) groups is 3. The lowest BCUT2D eigenvalue weighted by molar-refractivity contribution is -0.136. The Hall–Kier alpha value is -2.94. The fourth-order valence-corrected chi connectivity index (χ4v) is 3.97. The van der Waals surface area contributed by atoms with Crippen molar-refractivity contribution in [2.45, 2.75) is 26.2 Å². The van der Waals surface area contributed by atoms with Crippen molar-refractivity contribution in [1.29, 1.82) is 0 Å². The van der Waals surface area contributed by atoms with E-state index < -0.39 is 17.8 Å². The van der Waals surface area contributed by atoms with Crippen molar-refractivity contribution in [2.24, 2.45) is 5.10 Å². The predicted octanol–water partition coefficient (Wildman–Crippen LogP) is 2.01. The van der Waals surface area contributed by atoms with Crippen LogP contribution in [0, 0.1) is 6.92 Å². The van der Waals surface area contributed by atoms with Crippen molar-refractivity contribution < 1.29 is 23.5 Å². The molecule has 0 radical (unpaired) electrons. The number of anilines is 1. The Kier molecular flexibility index (Phi) is 5.17. The van der Waals surface area contributed by atoms with Crippen LogP contribution in [0.2, 0.25) is 0 Å². The topological polar surface area (TPSA) is 110 Å². The van der Waals surface area contributed by atoms with Gasteiger partial charge in [0, 0.05) is 4.88 Å². The molecule has 2 aromatic rings. The molecule has 2 N–H and O–H groups in total. The van der Waals surface area contributed by atoms with Gasteiger partial charge < -0.3 is 14.5 Å². The molecule has 0 unspecified atom stereocenters. The molecule has 0 atom stereocenters. The Morgan fingerprint density at radius 1 is 1.27 bits per heavy atom. The number of carbonyl (C=O) groups excluding carboxylic acids is 3. The minimum Gasteiger partial charge on any atom is -0.465 e. The summed E-state index contributed by atoms with van der Waals surface area (Å²) in [5.74, 6) is -1.23. The van der Waals surface area contributed by atoms with E-state index in [4.69, 9.17) is 9.15 Å². The van der Waals surface area contributed by atoms with Crippen LogP contribution in [-0.2, 0) is 27.2 Å².